The fraction of sp³-hybridized carbons (Fsp3) is 0.556. The van der Waals surface area contributed by atoms with Gasteiger partial charge < -0.3 is 14.7 Å². The van der Waals surface area contributed by atoms with Crippen LogP contribution in [0.5, 0.6) is 0 Å². The maximum Gasteiger partial charge on any atom is 0.245 e. The van der Waals surface area contributed by atoms with Crippen LogP contribution in [0, 0.1) is 0 Å². The Bertz CT molecular complexity index is 614. The molecule has 0 radical (unpaired) electrons. The number of carbonyl (C=O) groups excluding carboxylic acids is 2. The van der Waals surface area contributed by atoms with Crippen LogP contribution in [0.25, 0.3) is 0 Å². The van der Waals surface area contributed by atoms with Gasteiger partial charge in [0.05, 0.1) is 10.7 Å². The van der Waals surface area contributed by atoms with Gasteiger partial charge in [0.1, 0.15) is 6.04 Å². The quantitative estimate of drug-likeness (QED) is 0.823. The van der Waals surface area contributed by atoms with E-state index in [1.165, 1.54) is 0 Å². The van der Waals surface area contributed by atoms with E-state index >= 15 is 0 Å². The van der Waals surface area contributed by atoms with Crippen LogP contribution in [-0.2, 0) is 9.59 Å². The standard InChI is InChI=1S/C18H24ClN3O2/c1-14(23)22-9-5-4-8-17(22)18(24)21-12-10-20(11-13-21)16-7-3-2-6-15(16)19/h2-3,6-7,17H,4-5,8-13H2,1H3. The SMILES string of the molecule is CC(=O)N1CCCCC1C(=O)N1CCN(c2ccccc2Cl)CC1. The highest BCUT2D eigenvalue weighted by molar-refractivity contribution is 6.33. The fourth-order valence-corrected chi connectivity index (χ4v) is 3.91. The third kappa shape index (κ3) is 3.51. The normalized spacial score (nSPS) is 21.8. The number of halogens is 1. The first-order valence-corrected chi connectivity index (χ1v) is 9.01. The third-order valence-electron chi connectivity index (χ3n) is 4.98. The van der Waals surface area contributed by atoms with Crippen molar-refractivity contribution in [3.05, 3.63) is 29.3 Å². The van der Waals surface area contributed by atoms with Crippen LogP contribution in [0.15, 0.2) is 24.3 Å². The van der Waals surface area contributed by atoms with E-state index in [9.17, 15) is 9.59 Å². The zero-order valence-electron chi connectivity index (χ0n) is 14.1. The molecule has 1 aromatic carbocycles. The predicted molar refractivity (Wildman–Crippen MR) is 95.3 cm³/mol. The van der Waals surface area contributed by atoms with Gasteiger partial charge in [-0.2, -0.15) is 0 Å². The summed E-state index contributed by atoms with van der Waals surface area (Å²) in [5, 5.41) is 0.743. The maximum atomic E-state index is 12.9. The van der Waals surface area contributed by atoms with E-state index in [0.717, 1.165) is 43.1 Å². The van der Waals surface area contributed by atoms with Crippen LogP contribution in [0.4, 0.5) is 5.69 Å². The number of carbonyl (C=O) groups is 2. The van der Waals surface area contributed by atoms with E-state index < -0.39 is 0 Å². The number of anilines is 1. The Hall–Kier alpha value is -1.75. The highest BCUT2D eigenvalue weighted by atomic mass is 35.5. The van der Waals surface area contributed by atoms with Gasteiger partial charge in [0.2, 0.25) is 11.8 Å². The number of piperidine rings is 1. The summed E-state index contributed by atoms with van der Waals surface area (Å²) in [7, 11) is 0. The van der Waals surface area contributed by atoms with Crippen molar-refractivity contribution in [1.29, 1.82) is 0 Å². The molecule has 0 aromatic heterocycles. The molecule has 2 heterocycles. The molecule has 0 spiro atoms. The minimum absolute atomic E-state index is 0.00255. The van der Waals surface area contributed by atoms with Gasteiger partial charge in [-0.25, -0.2) is 0 Å². The maximum absolute atomic E-state index is 12.9. The molecule has 2 aliphatic heterocycles. The fourth-order valence-electron chi connectivity index (χ4n) is 3.65. The van der Waals surface area contributed by atoms with Gasteiger partial charge in [-0.05, 0) is 31.4 Å². The van der Waals surface area contributed by atoms with E-state index in [1.807, 2.05) is 29.2 Å². The van der Waals surface area contributed by atoms with Gasteiger partial charge in [0.15, 0.2) is 0 Å². The summed E-state index contributed by atoms with van der Waals surface area (Å²) < 4.78 is 0. The molecule has 2 fully saturated rings. The molecule has 1 atom stereocenters. The van der Waals surface area contributed by atoms with Crippen molar-refractivity contribution in [2.45, 2.75) is 32.2 Å². The molecule has 3 rings (SSSR count). The number of likely N-dealkylation sites (tertiary alicyclic amines) is 1. The second kappa shape index (κ2) is 7.43. The van der Waals surface area contributed by atoms with Crippen LogP contribution in [0.1, 0.15) is 26.2 Å². The number of hydrogen-bond acceptors (Lipinski definition) is 3. The van der Waals surface area contributed by atoms with E-state index in [4.69, 9.17) is 11.6 Å². The summed E-state index contributed by atoms with van der Waals surface area (Å²) >= 11 is 6.27. The highest BCUT2D eigenvalue weighted by Gasteiger charge is 2.34. The summed E-state index contributed by atoms with van der Waals surface area (Å²) in [6.07, 6.45) is 2.78. The number of para-hydroxylation sites is 1. The van der Waals surface area contributed by atoms with Gasteiger partial charge in [0, 0.05) is 39.6 Å². The molecule has 130 valence electrons. The van der Waals surface area contributed by atoms with Gasteiger partial charge in [-0.3, -0.25) is 9.59 Å². The highest BCUT2D eigenvalue weighted by Crippen LogP contribution is 2.26. The van der Waals surface area contributed by atoms with E-state index in [1.54, 1.807) is 11.8 Å². The van der Waals surface area contributed by atoms with Gasteiger partial charge in [-0.1, -0.05) is 23.7 Å². The molecule has 1 unspecified atom stereocenters. The number of nitrogens with zero attached hydrogens (tertiary/aromatic N) is 3. The molecule has 6 heteroatoms. The molecule has 0 aliphatic carbocycles. The summed E-state index contributed by atoms with van der Waals surface area (Å²) in [5.74, 6) is 0.103. The van der Waals surface area contributed by atoms with Crippen molar-refractivity contribution in [1.82, 2.24) is 9.80 Å². The molecule has 0 N–H and O–H groups in total. The summed E-state index contributed by atoms with van der Waals surface area (Å²) in [5.41, 5.74) is 1.02. The number of amides is 2. The number of piperazine rings is 1. The zero-order chi connectivity index (χ0) is 17.1. The lowest BCUT2D eigenvalue weighted by Gasteiger charge is -2.41. The number of rotatable bonds is 2. The Labute approximate surface area is 148 Å². The van der Waals surface area contributed by atoms with Crippen LogP contribution in [0.3, 0.4) is 0 Å². The smallest absolute Gasteiger partial charge is 0.245 e. The van der Waals surface area contributed by atoms with Crippen LogP contribution in [0.2, 0.25) is 5.02 Å². The Balaban J connectivity index is 1.62. The monoisotopic (exact) mass is 349 g/mol. The first-order chi connectivity index (χ1) is 11.6. The zero-order valence-corrected chi connectivity index (χ0v) is 14.8. The first kappa shape index (κ1) is 17.1. The lowest BCUT2D eigenvalue weighted by Crippen LogP contribution is -2.57. The number of hydrogen-bond donors (Lipinski definition) is 0. The largest absolute Gasteiger partial charge is 0.367 e. The molecule has 0 saturated carbocycles. The molecule has 2 aliphatic rings. The van der Waals surface area contributed by atoms with Crippen molar-refractivity contribution in [3.8, 4) is 0 Å². The second-order valence-electron chi connectivity index (χ2n) is 6.49. The summed E-state index contributed by atoms with van der Waals surface area (Å²) in [6.45, 7) is 5.13. The topological polar surface area (TPSA) is 43.9 Å². The second-order valence-corrected chi connectivity index (χ2v) is 6.89. The van der Waals surface area contributed by atoms with Crippen LogP contribution < -0.4 is 4.90 Å². The van der Waals surface area contributed by atoms with Gasteiger partial charge >= 0.3 is 0 Å². The van der Waals surface area contributed by atoms with E-state index in [-0.39, 0.29) is 17.9 Å². The molecular formula is C18H24ClN3O2. The van der Waals surface area contributed by atoms with Gasteiger partial charge in [-0.15, -0.1) is 0 Å². The Kier molecular flexibility index (Phi) is 5.29. The minimum atomic E-state index is -0.275. The molecular weight excluding hydrogens is 326 g/mol. The average Bonchev–Trinajstić information content (AvgIpc) is 2.62. The third-order valence-corrected chi connectivity index (χ3v) is 5.30. The Morgan fingerprint density at radius 1 is 1.04 bits per heavy atom. The lowest BCUT2D eigenvalue weighted by atomic mass is 10.0. The Morgan fingerprint density at radius 2 is 1.75 bits per heavy atom. The van der Waals surface area contributed by atoms with Crippen molar-refractivity contribution in [2.75, 3.05) is 37.6 Å². The van der Waals surface area contributed by atoms with Crippen LogP contribution >= 0.6 is 11.6 Å². The van der Waals surface area contributed by atoms with Gasteiger partial charge in [0.25, 0.3) is 0 Å². The predicted octanol–water partition coefficient (Wildman–Crippen LogP) is 2.39. The summed E-state index contributed by atoms with van der Waals surface area (Å²) in [4.78, 5) is 30.5. The van der Waals surface area contributed by atoms with Crippen molar-refractivity contribution < 1.29 is 9.59 Å². The summed E-state index contributed by atoms with van der Waals surface area (Å²) in [6, 6.07) is 7.53. The van der Waals surface area contributed by atoms with Crippen molar-refractivity contribution in [2.24, 2.45) is 0 Å². The lowest BCUT2D eigenvalue weighted by molar-refractivity contribution is -0.146. The van der Waals surface area contributed by atoms with Crippen molar-refractivity contribution in [3.63, 3.8) is 0 Å². The van der Waals surface area contributed by atoms with E-state index in [2.05, 4.69) is 4.90 Å². The van der Waals surface area contributed by atoms with E-state index in [0.29, 0.717) is 19.6 Å². The molecule has 1 aromatic rings. The molecule has 0 bridgehead atoms. The molecule has 24 heavy (non-hydrogen) atoms. The average molecular weight is 350 g/mol. The molecule has 2 saturated heterocycles. The molecule has 2 amide bonds. The molecule has 5 nitrogen and oxygen atoms in total. The Morgan fingerprint density at radius 3 is 2.42 bits per heavy atom. The minimum Gasteiger partial charge on any atom is -0.367 e. The van der Waals surface area contributed by atoms with Crippen LogP contribution in [-0.4, -0.2) is 60.4 Å². The number of benzene rings is 1. The van der Waals surface area contributed by atoms with Crippen molar-refractivity contribution >= 4 is 29.1 Å². The first-order valence-electron chi connectivity index (χ1n) is 8.63.